The molecule has 1 aromatic carbocycles. The van der Waals surface area contributed by atoms with Crippen LogP contribution in [0, 0.1) is 15.2 Å². The first-order valence-electron chi connectivity index (χ1n) is 5.74. The van der Waals surface area contributed by atoms with Crippen molar-refractivity contribution in [3.8, 4) is 11.4 Å². The minimum absolute atomic E-state index is 0.250. The van der Waals surface area contributed by atoms with Gasteiger partial charge in [-0.15, -0.1) is 0 Å². The van der Waals surface area contributed by atoms with E-state index >= 15 is 0 Å². The molecule has 106 valence electrons. The highest BCUT2D eigenvalue weighted by atomic mass is 127. The van der Waals surface area contributed by atoms with E-state index in [0.29, 0.717) is 18.1 Å². The van der Waals surface area contributed by atoms with Crippen molar-refractivity contribution in [3.63, 3.8) is 0 Å². The third kappa shape index (κ3) is 3.21. The van der Waals surface area contributed by atoms with Crippen molar-refractivity contribution < 1.29 is 13.5 Å². The number of aromatic nitrogens is 2. The summed E-state index contributed by atoms with van der Waals surface area (Å²) in [5.41, 5.74) is 0.944. The molecule has 0 aliphatic heterocycles. The Kier molecular flexibility index (Phi) is 4.81. The zero-order chi connectivity index (χ0) is 14.7. The minimum Gasteiger partial charge on any atom is -0.378 e. The van der Waals surface area contributed by atoms with Gasteiger partial charge in [0.1, 0.15) is 17.5 Å². The van der Waals surface area contributed by atoms with Crippen LogP contribution in [0.15, 0.2) is 18.2 Å². The van der Waals surface area contributed by atoms with Crippen LogP contribution in [0.1, 0.15) is 5.69 Å². The van der Waals surface area contributed by atoms with Crippen molar-refractivity contribution >= 4 is 28.4 Å². The number of methoxy groups -OCH3 is 1. The fourth-order valence-electron chi connectivity index (χ4n) is 1.70. The van der Waals surface area contributed by atoms with Gasteiger partial charge in [-0.05, 0) is 34.7 Å². The Morgan fingerprint density at radius 1 is 1.20 bits per heavy atom. The molecule has 0 bridgehead atoms. The molecule has 20 heavy (non-hydrogen) atoms. The smallest absolute Gasteiger partial charge is 0.162 e. The summed E-state index contributed by atoms with van der Waals surface area (Å²) >= 11 is 2.10. The van der Waals surface area contributed by atoms with Gasteiger partial charge in [-0.25, -0.2) is 18.7 Å². The Labute approximate surface area is 128 Å². The molecule has 0 fully saturated rings. The molecule has 1 N–H and O–H groups in total. The molecule has 0 amide bonds. The highest BCUT2D eigenvalue weighted by Gasteiger charge is 2.14. The zero-order valence-corrected chi connectivity index (χ0v) is 13.0. The second kappa shape index (κ2) is 6.40. The molecule has 0 saturated carbocycles. The molecular formula is C13H12F2IN3O. The van der Waals surface area contributed by atoms with Crippen molar-refractivity contribution in [2.75, 3.05) is 19.5 Å². The van der Waals surface area contributed by atoms with Crippen LogP contribution in [-0.2, 0) is 11.3 Å². The molecule has 2 rings (SSSR count). The number of rotatable bonds is 4. The topological polar surface area (TPSA) is 47.0 Å². The molecule has 7 heteroatoms. The SMILES string of the molecule is CNc1nc(-c2cc(F)cc(F)c2)nc(COC)c1I. The fraction of sp³-hybridized carbons (Fsp3) is 0.231. The molecule has 1 aromatic heterocycles. The molecule has 0 aliphatic rings. The number of anilines is 1. The fourth-order valence-corrected chi connectivity index (χ4v) is 2.37. The van der Waals surface area contributed by atoms with Crippen LogP contribution in [-0.4, -0.2) is 24.1 Å². The maximum absolute atomic E-state index is 13.3. The second-order valence-electron chi connectivity index (χ2n) is 4.00. The van der Waals surface area contributed by atoms with E-state index in [2.05, 4.69) is 37.9 Å². The van der Waals surface area contributed by atoms with Crippen molar-refractivity contribution in [2.45, 2.75) is 6.61 Å². The third-order valence-electron chi connectivity index (χ3n) is 2.56. The molecule has 4 nitrogen and oxygen atoms in total. The van der Waals surface area contributed by atoms with Gasteiger partial charge in [-0.3, -0.25) is 0 Å². The number of hydrogen-bond donors (Lipinski definition) is 1. The average Bonchev–Trinajstić information content (AvgIpc) is 2.40. The summed E-state index contributed by atoms with van der Waals surface area (Å²) in [6, 6.07) is 3.20. The lowest BCUT2D eigenvalue weighted by Crippen LogP contribution is -2.06. The van der Waals surface area contributed by atoms with Crippen molar-refractivity contribution in [1.82, 2.24) is 9.97 Å². The summed E-state index contributed by atoms with van der Waals surface area (Å²) in [7, 11) is 3.27. The van der Waals surface area contributed by atoms with E-state index < -0.39 is 11.6 Å². The van der Waals surface area contributed by atoms with Gasteiger partial charge in [0.2, 0.25) is 0 Å². The molecule has 0 atom stereocenters. The lowest BCUT2D eigenvalue weighted by molar-refractivity contribution is 0.181. The third-order valence-corrected chi connectivity index (χ3v) is 3.69. The molecule has 0 unspecified atom stereocenters. The molecule has 1 heterocycles. The van der Waals surface area contributed by atoms with Crippen LogP contribution in [0.5, 0.6) is 0 Å². The van der Waals surface area contributed by atoms with Crippen LogP contribution in [0.3, 0.4) is 0 Å². The first kappa shape index (κ1) is 15.0. The highest BCUT2D eigenvalue weighted by Crippen LogP contribution is 2.25. The first-order chi connectivity index (χ1) is 9.55. The second-order valence-corrected chi connectivity index (χ2v) is 5.08. The number of hydrogen-bond acceptors (Lipinski definition) is 4. The van der Waals surface area contributed by atoms with E-state index in [-0.39, 0.29) is 11.4 Å². The van der Waals surface area contributed by atoms with E-state index in [1.807, 2.05) is 0 Å². The monoisotopic (exact) mass is 391 g/mol. The molecule has 2 aromatic rings. The van der Waals surface area contributed by atoms with Crippen LogP contribution in [0.25, 0.3) is 11.4 Å². The zero-order valence-electron chi connectivity index (χ0n) is 10.9. The van der Waals surface area contributed by atoms with Gasteiger partial charge >= 0.3 is 0 Å². The van der Waals surface area contributed by atoms with Crippen LogP contribution in [0.2, 0.25) is 0 Å². The maximum Gasteiger partial charge on any atom is 0.162 e. The van der Waals surface area contributed by atoms with E-state index in [4.69, 9.17) is 4.74 Å². The quantitative estimate of drug-likeness (QED) is 0.814. The van der Waals surface area contributed by atoms with Gasteiger partial charge < -0.3 is 10.1 Å². The van der Waals surface area contributed by atoms with Gasteiger partial charge in [-0.2, -0.15) is 0 Å². The Hall–Kier alpha value is -1.35. The molecule has 0 saturated heterocycles. The van der Waals surface area contributed by atoms with E-state index in [9.17, 15) is 8.78 Å². The Balaban J connectivity index is 2.58. The number of halogens is 3. The van der Waals surface area contributed by atoms with Gasteiger partial charge in [0, 0.05) is 25.8 Å². The van der Waals surface area contributed by atoms with Crippen LogP contribution in [0.4, 0.5) is 14.6 Å². The van der Waals surface area contributed by atoms with Gasteiger partial charge in [0.25, 0.3) is 0 Å². The van der Waals surface area contributed by atoms with E-state index in [1.54, 1.807) is 14.2 Å². The number of ether oxygens (including phenoxy) is 1. The van der Waals surface area contributed by atoms with Crippen LogP contribution >= 0.6 is 22.6 Å². The molecule has 0 radical (unpaired) electrons. The average molecular weight is 391 g/mol. The van der Waals surface area contributed by atoms with Crippen molar-refractivity contribution in [1.29, 1.82) is 0 Å². The lowest BCUT2D eigenvalue weighted by atomic mass is 10.2. The summed E-state index contributed by atoms with van der Waals surface area (Å²) in [6.07, 6.45) is 0. The summed E-state index contributed by atoms with van der Waals surface area (Å²) in [6.45, 7) is 0.292. The highest BCUT2D eigenvalue weighted by molar-refractivity contribution is 14.1. The maximum atomic E-state index is 13.3. The summed E-state index contributed by atoms with van der Waals surface area (Å²) in [4.78, 5) is 8.57. The molecular weight excluding hydrogens is 379 g/mol. The summed E-state index contributed by atoms with van der Waals surface area (Å²) in [5, 5.41) is 2.93. The number of nitrogens with one attached hydrogen (secondary N) is 1. The summed E-state index contributed by atoms with van der Waals surface area (Å²) in [5.74, 6) is -0.490. The van der Waals surface area contributed by atoms with E-state index in [0.717, 1.165) is 9.64 Å². The lowest BCUT2D eigenvalue weighted by Gasteiger charge is -2.11. The standard InChI is InChI=1S/C13H12F2IN3O/c1-17-13-11(16)10(6-20-2)18-12(19-13)7-3-8(14)5-9(15)4-7/h3-5H,6H2,1-2H3,(H,17,18,19). The van der Waals surface area contributed by atoms with Gasteiger partial charge in [-0.1, -0.05) is 0 Å². The first-order valence-corrected chi connectivity index (χ1v) is 6.82. The Morgan fingerprint density at radius 2 is 1.85 bits per heavy atom. The largest absolute Gasteiger partial charge is 0.378 e. The van der Waals surface area contributed by atoms with Crippen molar-refractivity contribution in [3.05, 3.63) is 39.1 Å². The number of nitrogens with zero attached hydrogens (tertiary/aromatic N) is 2. The molecule has 0 spiro atoms. The summed E-state index contributed by atoms with van der Waals surface area (Å²) < 4.78 is 32.5. The van der Waals surface area contributed by atoms with Crippen molar-refractivity contribution in [2.24, 2.45) is 0 Å². The Bertz CT molecular complexity index is 617. The number of benzene rings is 1. The predicted molar refractivity (Wildman–Crippen MR) is 80.4 cm³/mol. The molecule has 0 aliphatic carbocycles. The normalized spacial score (nSPS) is 10.7. The van der Waals surface area contributed by atoms with Gasteiger partial charge in [0.05, 0.1) is 15.9 Å². The van der Waals surface area contributed by atoms with Gasteiger partial charge in [0.15, 0.2) is 5.82 Å². The predicted octanol–water partition coefficient (Wildman–Crippen LogP) is 3.21. The Morgan fingerprint density at radius 3 is 2.40 bits per heavy atom. The van der Waals surface area contributed by atoms with Crippen LogP contribution < -0.4 is 5.32 Å². The van der Waals surface area contributed by atoms with E-state index in [1.165, 1.54) is 12.1 Å². The minimum atomic E-state index is -0.665.